The van der Waals surface area contributed by atoms with Crippen LogP contribution < -0.4 is 0 Å². The van der Waals surface area contributed by atoms with E-state index in [1.807, 2.05) is 0 Å². The predicted octanol–water partition coefficient (Wildman–Crippen LogP) is 2.90. The third-order valence-electron chi connectivity index (χ3n) is 3.12. The predicted molar refractivity (Wildman–Crippen MR) is 74.5 cm³/mol. The minimum atomic E-state index is 0.591. The molecule has 0 N–H and O–H groups in total. The maximum atomic E-state index is 5.52. The van der Waals surface area contributed by atoms with E-state index in [1.54, 1.807) is 0 Å². The number of benzene rings is 1. The van der Waals surface area contributed by atoms with Gasteiger partial charge in [0, 0.05) is 22.7 Å². The second kappa shape index (κ2) is 5.98. The highest BCUT2D eigenvalue weighted by atomic mass is 127. The van der Waals surface area contributed by atoms with E-state index in [9.17, 15) is 0 Å². The Morgan fingerprint density at radius 2 is 2.12 bits per heavy atom. The van der Waals surface area contributed by atoms with Gasteiger partial charge in [-0.3, -0.25) is 4.90 Å². The molecule has 0 aliphatic carbocycles. The monoisotopic (exact) mass is 331 g/mol. The van der Waals surface area contributed by atoms with Crippen LogP contribution in [0.1, 0.15) is 18.9 Å². The molecule has 2 nitrogen and oxygen atoms in total. The quantitative estimate of drug-likeness (QED) is 0.790. The van der Waals surface area contributed by atoms with Crippen LogP contribution in [0.4, 0.5) is 0 Å². The third kappa shape index (κ3) is 3.18. The fourth-order valence-corrected chi connectivity index (χ4v) is 2.46. The Hall–Kier alpha value is -0.130. The van der Waals surface area contributed by atoms with Gasteiger partial charge in [0.05, 0.1) is 13.2 Å². The van der Waals surface area contributed by atoms with E-state index in [0.29, 0.717) is 6.04 Å². The lowest BCUT2D eigenvalue weighted by atomic mass is 10.1. The summed E-state index contributed by atoms with van der Waals surface area (Å²) in [5.41, 5.74) is 1.40. The molecule has 0 saturated carbocycles. The van der Waals surface area contributed by atoms with E-state index in [2.05, 4.69) is 58.7 Å². The van der Waals surface area contributed by atoms with E-state index >= 15 is 0 Å². The maximum Gasteiger partial charge on any atom is 0.0622 e. The van der Waals surface area contributed by atoms with Crippen LogP contribution >= 0.6 is 22.6 Å². The first-order valence-electron chi connectivity index (χ1n) is 5.86. The van der Waals surface area contributed by atoms with Gasteiger partial charge in [0.1, 0.15) is 0 Å². The molecule has 1 fully saturated rings. The van der Waals surface area contributed by atoms with Crippen molar-refractivity contribution in [3.63, 3.8) is 0 Å². The van der Waals surface area contributed by atoms with Crippen molar-refractivity contribution >= 4 is 22.6 Å². The molecule has 0 spiro atoms. The first kappa shape index (κ1) is 12.3. The zero-order chi connectivity index (χ0) is 11.4. The summed E-state index contributed by atoms with van der Waals surface area (Å²) in [6.07, 6.45) is 1.17. The lowest BCUT2D eigenvalue weighted by Gasteiger charge is -2.35. The molecule has 1 aliphatic rings. The Bertz CT molecular complexity index is 325. The SMILES string of the molecule is CCC1COCCN1Cc1ccc(I)cc1. The van der Waals surface area contributed by atoms with Crippen molar-refractivity contribution in [2.45, 2.75) is 25.9 Å². The molecule has 2 rings (SSSR count). The van der Waals surface area contributed by atoms with E-state index in [-0.39, 0.29) is 0 Å². The van der Waals surface area contributed by atoms with Crippen LogP contribution in [-0.4, -0.2) is 30.7 Å². The molecule has 0 radical (unpaired) electrons. The van der Waals surface area contributed by atoms with E-state index in [1.165, 1.54) is 15.6 Å². The fourth-order valence-electron chi connectivity index (χ4n) is 2.10. The van der Waals surface area contributed by atoms with Gasteiger partial charge in [0.2, 0.25) is 0 Å². The number of morpholine rings is 1. The van der Waals surface area contributed by atoms with Crippen molar-refractivity contribution in [2.75, 3.05) is 19.8 Å². The van der Waals surface area contributed by atoms with Crippen molar-refractivity contribution in [1.29, 1.82) is 0 Å². The van der Waals surface area contributed by atoms with Gasteiger partial charge in [-0.05, 0) is 46.7 Å². The molecule has 1 aliphatic heterocycles. The van der Waals surface area contributed by atoms with Gasteiger partial charge in [-0.1, -0.05) is 19.1 Å². The Morgan fingerprint density at radius 3 is 2.81 bits per heavy atom. The van der Waals surface area contributed by atoms with Crippen LogP contribution in [0.5, 0.6) is 0 Å². The van der Waals surface area contributed by atoms with E-state index in [4.69, 9.17) is 4.74 Å². The van der Waals surface area contributed by atoms with Crippen molar-refractivity contribution in [3.8, 4) is 0 Å². The number of hydrogen-bond donors (Lipinski definition) is 0. The lowest BCUT2D eigenvalue weighted by Crippen LogP contribution is -2.44. The summed E-state index contributed by atoms with van der Waals surface area (Å²) in [5, 5.41) is 0. The van der Waals surface area contributed by atoms with Gasteiger partial charge >= 0.3 is 0 Å². The first-order valence-corrected chi connectivity index (χ1v) is 6.93. The summed E-state index contributed by atoms with van der Waals surface area (Å²) in [4.78, 5) is 2.53. The maximum absolute atomic E-state index is 5.52. The molecule has 88 valence electrons. The molecule has 1 unspecified atom stereocenters. The second-order valence-corrected chi connectivity index (χ2v) is 5.48. The molecular formula is C13H18INO. The molecule has 1 atom stereocenters. The van der Waals surface area contributed by atoms with Crippen molar-refractivity contribution < 1.29 is 4.74 Å². The smallest absolute Gasteiger partial charge is 0.0622 e. The molecule has 0 aromatic heterocycles. The molecule has 0 bridgehead atoms. The zero-order valence-electron chi connectivity index (χ0n) is 9.66. The van der Waals surface area contributed by atoms with E-state index in [0.717, 1.165) is 26.3 Å². The topological polar surface area (TPSA) is 12.5 Å². The summed E-state index contributed by atoms with van der Waals surface area (Å²) < 4.78 is 6.82. The average molecular weight is 331 g/mol. The number of rotatable bonds is 3. The van der Waals surface area contributed by atoms with E-state index < -0.39 is 0 Å². The Kier molecular flexibility index (Phi) is 4.61. The second-order valence-electron chi connectivity index (χ2n) is 4.23. The van der Waals surface area contributed by atoms with Gasteiger partial charge in [-0.15, -0.1) is 0 Å². The first-order chi connectivity index (χ1) is 7.79. The summed E-state index contributed by atoms with van der Waals surface area (Å²) >= 11 is 2.35. The fraction of sp³-hybridized carbons (Fsp3) is 0.538. The molecular weight excluding hydrogens is 313 g/mol. The third-order valence-corrected chi connectivity index (χ3v) is 3.84. The highest BCUT2D eigenvalue weighted by Gasteiger charge is 2.20. The van der Waals surface area contributed by atoms with Crippen molar-refractivity contribution in [3.05, 3.63) is 33.4 Å². The molecule has 1 aromatic rings. The minimum absolute atomic E-state index is 0.591. The lowest BCUT2D eigenvalue weighted by molar-refractivity contribution is -0.0127. The van der Waals surface area contributed by atoms with Crippen molar-refractivity contribution in [1.82, 2.24) is 4.90 Å². The Labute approximate surface area is 111 Å². The van der Waals surface area contributed by atoms with Gasteiger partial charge in [-0.25, -0.2) is 0 Å². The number of hydrogen-bond acceptors (Lipinski definition) is 2. The molecule has 1 aromatic carbocycles. The van der Waals surface area contributed by atoms with Crippen LogP contribution in [0.15, 0.2) is 24.3 Å². The highest BCUT2D eigenvalue weighted by molar-refractivity contribution is 14.1. The molecule has 1 heterocycles. The van der Waals surface area contributed by atoms with Gasteiger partial charge < -0.3 is 4.74 Å². The number of ether oxygens (including phenoxy) is 1. The molecule has 3 heteroatoms. The van der Waals surface area contributed by atoms with Gasteiger partial charge in [0.15, 0.2) is 0 Å². The van der Waals surface area contributed by atoms with Crippen LogP contribution in [0.3, 0.4) is 0 Å². The Balaban J connectivity index is 1.99. The average Bonchev–Trinajstić information content (AvgIpc) is 2.33. The summed E-state index contributed by atoms with van der Waals surface area (Å²) in [7, 11) is 0. The summed E-state index contributed by atoms with van der Waals surface area (Å²) in [6.45, 7) is 6.12. The van der Waals surface area contributed by atoms with Crippen LogP contribution in [-0.2, 0) is 11.3 Å². The number of halogens is 1. The Morgan fingerprint density at radius 1 is 1.38 bits per heavy atom. The van der Waals surface area contributed by atoms with Crippen LogP contribution in [0.2, 0.25) is 0 Å². The molecule has 16 heavy (non-hydrogen) atoms. The van der Waals surface area contributed by atoms with Crippen LogP contribution in [0, 0.1) is 3.57 Å². The summed E-state index contributed by atoms with van der Waals surface area (Å²) in [5.74, 6) is 0. The highest BCUT2D eigenvalue weighted by Crippen LogP contribution is 2.15. The molecule has 1 saturated heterocycles. The number of nitrogens with zero attached hydrogens (tertiary/aromatic N) is 1. The minimum Gasteiger partial charge on any atom is -0.378 e. The molecule has 0 amide bonds. The normalized spacial score (nSPS) is 22.2. The van der Waals surface area contributed by atoms with Gasteiger partial charge in [-0.2, -0.15) is 0 Å². The van der Waals surface area contributed by atoms with Gasteiger partial charge in [0.25, 0.3) is 0 Å². The van der Waals surface area contributed by atoms with Crippen LogP contribution in [0.25, 0.3) is 0 Å². The summed E-state index contributed by atoms with van der Waals surface area (Å²) in [6, 6.07) is 9.40. The largest absolute Gasteiger partial charge is 0.378 e. The standard InChI is InChI=1S/C13H18INO/c1-2-13-10-16-8-7-15(13)9-11-3-5-12(14)6-4-11/h3-6,13H,2,7-10H2,1H3. The zero-order valence-corrected chi connectivity index (χ0v) is 11.8. The van der Waals surface area contributed by atoms with Crippen molar-refractivity contribution in [2.24, 2.45) is 0 Å².